The number of carbonyl (C=O) groups is 1. The van der Waals surface area contributed by atoms with Crippen molar-refractivity contribution in [3.63, 3.8) is 0 Å². The summed E-state index contributed by atoms with van der Waals surface area (Å²) in [4.78, 5) is 21.9. The number of aryl methyl sites for hydroxylation is 1. The summed E-state index contributed by atoms with van der Waals surface area (Å²) in [6.45, 7) is 8.19. The third kappa shape index (κ3) is 3.37. The van der Waals surface area contributed by atoms with E-state index in [0.717, 1.165) is 36.0 Å². The van der Waals surface area contributed by atoms with Gasteiger partial charge in [-0.2, -0.15) is 0 Å². The minimum Gasteiger partial charge on any atom is -0.368 e. The van der Waals surface area contributed by atoms with E-state index >= 15 is 0 Å². The molecule has 0 spiro atoms. The number of hydrogen-bond donors (Lipinski definition) is 1. The van der Waals surface area contributed by atoms with Gasteiger partial charge in [0.25, 0.3) is 0 Å². The third-order valence-corrected chi connectivity index (χ3v) is 6.71. The minimum absolute atomic E-state index is 0.0321. The van der Waals surface area contributed by atoms with Gasteiger partial charge in [-0.05, 0) is 56.8 Å². The van der Waals surface area contributed by atoms with E-state index in [2.05, 4.69) is 27.6 Å². The molecule has 6 rings (SSSR count). The summed E-state index contributed by atoms with van der Waals surface area (Å²) in [5.41, 5.74) is 2.95. The van der Waals surface area contributed by atoms with Gasteiger partial charge in [-0.1, -0.05) is 6.07 Å². The van der Waals surface area contributed by atoms with Crippen LogP contribution in [0.3, 0.4) is 0 Å². The smallest absolute Gasteiger partial charge is 0.317 e. The van der Waals surface area contributed by atoms with E-state index in [1.165, 1.54) is 25.9 Å². The SMILES string of the molecule is Cc1cccc2nc(C3CN(C(=O)NCC4CN5CCC4CC5)CCO3)cn12. The van der Waals surface area contributed by atoms with Crippen LogP contribution in [0.4, 0.5) is 4.79 Å². The Morgan fingerprint density at radius 1 is 1.25 bits per heavy atom. The fourth-order valence-corrected chi connectivity index (χ4v) is 4.98. The number of hydrogen-bond acceptors (Lipinski definition) is 4. The van der Waals surface area contributed by atoms with Gasteiger partial charge >= 0.3 is 6.03 Å². The monoisotopic (exact) mass is 383 g/mol. The lowest BCUT2D eigenvalue weighted by Crippen LogP contribution is -2.53. The molecule has 7 heteroatoms. The maximum absolute atomic E-state index is 12.8. The number of amides is 2. The number of nitrogens with one attached hydrogen (secondary N) is 1. The Labute approximate surface area is 165 Å². The van der Waals surface area contributed by atoms with Gasteiger partial charge in [0.05, 0.1) is 18.8 Å². The van der Waals surface area contributed by atoms with Crippen molar-refractivity contribution >= 4 is 11.7 Å². The van der Waals surface area contributed by atoms with E-state index in [4.69, 9.17) is 9.72 Å². The normalized spacial score (nSPS) is 30.0. The van der Waals surface area contributed by atoms with Gasteiger partial charge in [-0.15, -0.1) is 0 Å². The van der Waals surface area contributed by atoms with Crippen molar-refractivity contribution in [1.82, 2.24) is 24.5 Å². The van der Waals surface area contributed by atoms with Crippen LogP contribution >= 0.6 is 0 Å². The van der Waals surface area contributed by atoms with Gasteiger partial charge in [0, 0.05) is 31.5 Å². The Kier molecular flexibility index (Phi) is 4.72. The second-order valence-electron chi connectivity index (χ2n) is 8.45. The highest BCUT2D eigenvalue weighted by molar-refractivity contribution is 5.74. The van der Waals surface area contributed by atoms with Crippen LogP contribution in [0.25, 0.3) is 5.65 Å². The number of pyridine rings is 1. The maximum Gasteiger partial charge on any atom is 0.317 e. The van der Waals surface area contributed by atoms with E-state index in [9.17, 15) is 4.79 Å². The quantitative estimate of drug-likeness (QED) is 0.881. The number of nitrogens with zero attached hydrogens (tertiary/aromatic N) is 4. The summed E-state index contributed by atoms with van der Waals surface area (Å²) in [5.74, 6) is 1.38. The van der Waals surface area contributed by atoms with Gasteiger partial charge in [0.2, 0.25) is 0 Å². The zero-order valence-corrected chi connectivity index (χ0v) is 16.5. The predicted octanol–water partition coefficient (Wildman–Crippen LogP) is 2.07. The Hall–Kier alpha value is -2.12. The van der Waals surface area contributed by atoms with Gasteiger partial charge in [0.1, 0.15) is 11.8 Å². The molecular weight excluding hydrogens is 354 g/mol. The summed E-state index contributed by atoms with van der Waals surface area (Å²) >= 11 is 0. The summed E-state index contributed by atoms with van der Waals surface area (Å²) in [5, 5.41) is 3.19. The number of ether oxygens (including phenoxy) is 1. The number of rotatable bonds is 3. The van der Waals surface area contributed by atoms with Crippen LogP contribution in [-0.2, 0) is 4.74 Å². The standard InChI is InChI=1S/C21H29N5O2/c1-15-3-2-4-20-23-18(13-26(15)20)19-14-25(9-10-28-19)21(27)22-11-17-12-24-7-5-16(17)6-8-24/h2-4,13,16-17,19H,5-12,14H2,1H3,(H,22,27). The highest BCUT2D eigenvalue weighted by Gasteiger charge is 2.34. The number of morpholine rings is 1. The van der Waals surface area contributed by atoms with Crippen molar-refractivity contribution in [2.45, 2.75) is 25.9 Å². The zero-order valence-electron chi connectivity index (χ0n) is 16.5. The van der Waals surface area contributed by atoms with E-state index in [0.29, 0.717) is 25.6 Å². The maximum atomic E-state index is 12.8. The molecule has 2 bridgehead atoms. The van der Waals surface area contributed by atoms with Crippen molar-refractivity contribution in [3.8, 4) is 0 Å². The number of urea groups is 1. The van der Waals surface area contributed by atoms with Crippen LogP contribution in [0.2, 0.25) is 0 Å². The number of imidazole rings is 1. The second kappa shape index (κ2) is 7.37. The van der Waals surface area contributed by atoms with Crippen molar-refractivity contribution in [2.24, 2.45) is 11.8 Å². The molecule has 0 aliphatic carbocycles. The molecule has 1 N–H and O–H groups in total. The summed E-state index contributed by atoms with van der Waals surface area (Å²) in [6, 6.07) is 6.11. The summed E-state index contributed by atoms with van der Waals surface area (Å²) < 4.78 is 8.02. The van der Waals surface area contributed by atoms with Crippen molar-refractivity contribution < 1.29 is 9.53 Å². The van der Waals surface area contributed by atoms with Crippen LogP contribution in [0.5, 0.6) is 0 Å². The molecule has 0 aromatic carbocycles. The first-order valence-corrected chi connectivity index (χ1v) is 10.5. The summed E-state index contributed by atoms with van der Waals surface area (Å²) in [7, 11) is 0. The molecule has 2 aromatic rings. The van der Waals surface area contributed by atoms with Crippen molar-refractivity contribution in [3.05, 3.63) is 35.8 Å². The molecule has 0 radical (unpaired) electrons. The van der Waals surface area contributed by atoms with Gasteiger partial charge in [0.15, 0.2) is 0 Å². The summed E-state index contributed by atoms with van der Waals surface area (Å²) in [6.07, 6.45) is 4.43. The third-order valence-electron chi connectivity index (χ3n) is 6.71. The number of aromatic nitrogens is 2. The molecule has 4 aliphatic heterocycles. The molecule has 2 aromatic heterocycles. The van der Waals surface area contributed by atoms with Crippen LogP contribution in [0.15, 0.2) is 24.4 Å². The lowest BCUT2D eigenvalue weighted by molar-refractivity contribution is -0.0180. The number of fused-ring (bicyclic) bond motifs is 4. The average molecular weight is 383 g/mol. The number of piperidine rings is 3. The molecule has 7 nitrogen and oxygen atoms in total. The highest BCUT2D eigenvalue weighted by atomic mass is 16.5. The molecule has 150 valence electrons. The van der Waals surface area contributed by atoms with Crippen LogP contribution < -0.4 is 5.32 Å². The molecule has 0 saturated carbocycles. The van der Waals surface area contributed by atoms with Gasteiger partial charge in [-0.3, -0.25) is 0 Å². The van der Waals surface area contributed by atoms with Crippen LogP contribution in [0.1, 0.15) is 30.3 Å². The predicted molar refractivity (Wildman–Crippen MR) is 106 cm³/mol. The zero-order chi connectivity index (χ0) is 19.1. The lowest BCUT2D eigenvalue weighted by Gasteiger charge is -2.45. The Balaban J connectivity index is 1.21. The molecule has 2 unspecified atom stereocenters. The van der Waals surface area contributed by atoms with E-state index in [1.807, 2.05) is 23.2 Å². The first kappa shape index (κ1) is 17.9. The first-order chi connectivity index (χ1) is 13.7. The minimum atomic E-state index is -0.171. The lowest BCUT2D eigenvalue weighted by atomic mass is 9.79. The molecule has 2 atom stereocenters. The molecule has 28 heavy (non-hydrogen) atoms. The Morgan fingerprint density at radius 2 is 2.11 bits per heavy atom. The van der Waals surface area contributed by atoms with E-state index in [-0.39, 0.29) is 12.1 Å². The fourth-order valence-electron chi connectivity index (χ4n) is 4.98. The molecule has 6 heterocycles. The number of carbonyl (C=O) groups excluding carboxylic acids is 1. The molecule has 4 fully saturated rings. The topological polar surface area (TPSA) is 62.1 Å². The molecule has 4 saturated heterocycles. The molecule has 2 amide bonds. The Morgan fingerprint density at radius 3 is 2.86 bits per heavy atom. The highest BCUT2D eigenvalue weighted by Crippen LogP contribution is 2.31. The molecular formula is C21H29N5O2. The van der Waals surface area contributed by atoms with E-state index in [1.54, 1.807) is 0 Å². The molecule has 4 aliphatic rings. The van der Waals surface area contributed by atoms with Gasteiger partial charge < -0.3 is 24.3 Å². The van der Waals surface area contributed by atoms with Crippen molar-refractivity contribution in [1.29, 1.82) is 0 Å². The average Bonchev–Trinajstić information content (AvgIpc) is 3.19. The van der Waals surface area contributed by atoms with Crippen molar-refractivity contribution in [2.75, 3.05) is 45.9 Å². The fraction of sp³-hybridized carbons (Fsp3) is 0.619. The first-order valence-electron chi connectivity index (χ1n) is 10.5. The second-order valence-corrected chi connectivity index (χ2v) is 8.45. The van der Waals surface area contributed by atoms with Crippen LogP contribution in [0, 0.1) is 18.8 Å². The largest absolute Gasteiger partial charge is 0.368 e. The van der Waals surface area contributed by atoms with Gasteiger partial charge in [-0.25, -0.2) is 9.78 Å². The Bertz CT molecular complexity index is 858. The van der Waals surface area contributed by atoms with E-state index < -0.39 is 0 Å². The van der Waals surface area contributed by atoms with Crippen LogP contribution in [-0.4, -0.2) is 71.1 Å².